The van der Waals surface area contributed by atoms with E-state index < -0.39 is 5.41 Å². The summed E-state index contributed by atoms with van der Waals surface area (Å²) < 4.78 is 4.72. The van der Waals surface area contributed by atoms with E-state index in [2.05, 4.69) is 32.7 Å². The van der Waals surface area contributed by atoms with Crippen LogP contribution in [-0.4, -0.2) is 54.9 Å². The molecule has 1 saturated carbocycles. The molecular formula is C35H45N7O2. The topological polar surface area (TPSA) is 111 Å². The molecule has 2 amide bonds. The van der Waals surface area contributed by atoms with Gasteiger partial charge in [0.25, 0.3) is 5.91 Å². The second-order valence-corrected chi connectivity index (χ2v) is 14.0. The summed E-state index contributed by atoms with van der Waals surface area (Å²) in [6.45, 7) is 8.32. The summed E-state index contributed by atoms with van der Waals surface area (Å²) in [5.74, 6) is 1.06. The number of aromatic nitrogens is 4. The summed E-state index contributed by atoms with van der Waals surface area (Å²) in [7, 11) is 0. The number of pyridine rings is 1. The second-order valence-electron chi connectivity index (χ2n) is 14.0. The molecule has 1 saturated heterocycles. The normalized spacial score (nSPS) is 23.2. The Balaban J connectivity index is 1.30. The average molecular weight is 596 g/mol. The van der Waals surface area contributed by atoms with Crippen LogP contribution in [0, 0.1) is 5.41 Å². The zero-order valence-electron chi connectivity index (χ0n) is 26.3. The van der Waals surface area contributed by atoms with Crippen molar-refractivity contribution in [1.29, 1.82) is 0 Å². The molecule has 44 heavy (non-hydrogen) atoms. The third kappa shape index (κ3) is 5.40. The van der Waals surface area contributed by atoms with Crippen LogP contribution < -0.4 is 11.1 Å². The number of benzene rings is 1. The number of carbonyl (C=O) groups excluding carboxylic acids is 2. The summed E-state index contributed by atoms with van der Waals surface area (Å²) in [5, 5.41) is 4.30. The minimum Gasteiger partial charge on any atom is -0.348 e. The molecule has 3 aromatic heterocycles. The molecule has 2 fully saturated rings. The van der Waals surface area contributed by atoms with Crippen molar-refractivity contribution < 1.29 is 9.59 Å². The number of likely N-dealkylation sites (tertiary alicyclic amines) is 1. The minimum atomic E-state index is -0.400. The molecule has 9 nitrogen and oxygen atoms in total. The van der Waals surface area contributed by atoms with Crippen LogP contribution in [0.4, 0.5) is 0 Å². The highest BCUT2D eigenvalue weighted by Crippen LogP contribution is 2.42. The van der Waals surface area contributed by atoms with E-state index in [0.717, 1.165) is 110 Å². The Labute approximate surface area is 259 Å². The SMILES string of the molecule is C[C@H]1NC(=O)C(C)(C)CCCCCCn2c(-c3nc4cc(C(=O)N5CCC[C@@H](N)C5)ccc4n3C3CC3)cc3ccc1nc32. The van der Waals surface area contributed by atoms with E-state index in [1.54, 1.807) is 0 Å². The number of hydrogen-bond acceptors (Lipinski definition) is 5. The highest BCUT2D eigenvalue weighted by Gasteiger charge is 2.32. The van der Waals surface area contributed by atoms with Gasteiger partial charge in [0, 0.05) is 48.1 Å². The molecule has 9 heteroatoms. The molecular weight excluding hydrogens is 550 g/mol. The fourth-order valence-electron chi connectivity index (χ4n) is 7.06. The molecule has 232 valence electrons. The van der Waals surface area contributed by atoms with Crippen LogP contribution in [0.2, 0.25) is 0 Å². The summed E-state index contributed by atoms with van der Waals surface area (Å²) >= 11 is 0. The number of nitrogens with zero attached hydrogens (tertiary/aromatic N) is 5. The number of nitrogens with one attached hydrogen (secondary N) is 1. The van der Waals surface area contributed by atoms with Gasteiger partial charge in [-0.3, -0.25) is 9.59 Å². The van der Waals surface area contributed by atoms with Crippen molar-refractivity contribution >= 4 is 33.9 Å². The number of aryl methyl sites for hydroxylation is 1. The minimum absolute atomic E-state index is 0.0353. The lowest BCUT2D eigenvalue weighted by molar-refractivity contribution is -0.130. The second kappa shape index (κ2) is 11.3. The maximum atomic E-state index is 13.4. The number of fused-ring (bicyclic) bond motifs is 2. The van der Waals surface area contributed by atoms with E-state index in [0.29, 0.717) is 18.2 Å². The molecule has 1 aliphatic carbocycles. The average Bonchev–Trinajstić information content (AvgIpc) is 3.68. The third-order valence-corrected chi connectivity index (χ3v) is 9.93. The summed E-state index contributed by atoms with van der Waals surface area (Å²) in [6.07, 6.45) is 9.29. The lowest BCUT2D eigenvalue weighted by Crippen LogP contribution is -2.45. The molecule has 0 spiro atoms. The zero-order chi connectivity index (χ0) is 30.6. The maximum absolute atomic E-state index is 13.4. The number of nitrogens with two attached hydrogens (primary N) is 1. The van der Waals surface area contributed by atoms with Crippen molar-refractivity contribution in [2.45, 2.75) is 103 Å². The van der Waals surface area contributed by atoms with Gasteiger partial charge in [-0.25, -0.2) is 9.97 Å². The standard InChI is InChI=1S/C35H45N7O2/c1-22-27-14-10-23-20-30(41(31(23)38-27)18-7-5-4-6-16-35(2,3)34(44)37-22)32-39-28-19-24(11-15-29(28)42(32)26-12-13-26)33(43)40-17-8-9-25(36)21-40/h10-11,14-15,19-20,22,25-26H,4-9,12-13,16-18,21,36H2,1-3H3,(H,37,44)/t22-,25-/m1/s1. The molecule has 2 atom stereocenters. The Morgan fingerprint density at radius 2 is 1.80 bits per heavy atom. The molecule has 0 unspecified atom stereocenters. The van der Waals surface area contributed by atoms with Gasteiger partial charge in [-0.2, -0.15) is 0 Å². The summed E-state index contributed by atoms with van der Waals surface area (Å²) in [6, 6.07) is 12.6. The first-order valence-electron chi connectivity index (χ1n) is 16.6. The van der Waals surface area contributed by atoms with Crippen molar-refractivity contribution in [2.24, 2.45) is 11.1 Å². The fourth-order valence-corrected chi connectivity index (χ4v) is 7.06. The number of rotatable bonds is 3. The molecule has 5 heterocycles. The van der Waals surface area contributed by atoms with Crippen LogP contribution in [0.3, 0.4) is 0 Å². The zero-order valence-corrected chi connectivity index (χ0v) is 26.3. The van der Waals surface area contributed by atoms with Crippen molar-refractivity contribution in [3.8, 4) is 11.5 Å². The Kier molecular flexibility index (Phi) is 7.47. The van der Waals surface area contributed by atoms with Crippen LogP contribution in [0.25, 0.3) is 33.6 Å². The largest absolute Gasteiger partial charge is 0.348 e. The van der Waals surface area contributed by atoms with E-state index in [1.165, 1.54) is 0 Å². The first-order chi connectivity index (χ1) is 21.2. The Morgan fingerprint density at radius 1 is 0.977 bits per heavy atom. The van der Waals surface area contributed by atoms with E-state index in [9.17, 15) is 9.59 Å². The highest BCUT2D eigenvalue weighted by molar-refractivity contribution is 5.98. The molecule has 1 aromatic carbocycles. The number of piperidine rings is 1. The molecule has 4 aromatic rings. The van der Waals surface area contributed by atoms with Gasteiger partial charge in [0.2, 0.25) is 5.91 Å². The molecule has 3 N–H and O–H groups in total. The first-order valence-corrected chi connectivity index (χ1v) is 16.6. The number of hydrogen-bond donors (Lipinski definition) is 2. The van der Waals surface area contributed by atoms with Crippen molar-refractivity contribution in [3.05, 3.63) is 47.7 Å². The van der Waals surface area contributed by atoms with Gasteiger partial charge in [0.05, 0.1) is 28.5 Å². The Hall–Kier alpha value is -3.72. The van der Waals surface area contributed by atoms with Gasteiger partial charge in [-0.15, -0.1) is 0 Å². The lowest BCUT2D eigenvalue weighted by Gasteiger charge is -2.30. The van der Waals surface area contributed by atoms with E-state index >= 15 is 0 Å². The number of carbonyl (C=O) groups is 2. The van der Waals surface area contributed by atoms with E-state index in [1.807, 2.05) is 43.9 Å². The maximum Gasteiger partial charge on any atom is 0.253 e. The van der Waals surface area contributed by atoms with Gasteiger partial charge < -0.3 is 25.1 Å². The van der Waals surface area contributed by atoms with E-state index in [-0.39, 0.29) is 23.9 Å². The first kappa shape index (κ1) is 29.0. The lowest BCUT2D eigenvalue weighted by atomic mass is 9.85. The molecule has 3 aliphatic rings. The third-order valence-electron chi connectivity index (χ3n) is 9.93. The van der Waals surface area contributed by atoms with Gasteiger partial charge in [0.15, 0.2) is 5.82 Å². The summed E-state index contributed by atoms with van der Waals surface area (Å²) in [5.41, 5.74) is 11.2. The van der Waals surface area contributed by atoms with Crippen LogP contribution in [-0.2, 0) is 11.3 Å². The predicted molar refractivity (Wildman–Crippen MR) is 173 cm³/mol. The van der Waals surface area contributed by atoms with Gasteiger partial charge in [-0.05, 0) is 81.8 Å². The van der Waals surface area contributed by atoms with Crippen molar-refractivity contribution in [1.82, 2.24) is 29.3 Å². The summed E-state index contributed by atoms with van der Waals surface area (Å²) in [4.78, 5) is 38.8. The van der Waals surface area contributed by atoms with E-state index in [4.69, 9.17) is 15.7 Å². The van der Waals surface area contributed by atoms with Crippen LogP contribution >= 0.6 is 0 Å². The molecule has 0 radical (unpaired) electrons. The van der Waals surface area contributed by atoms with Crippen molar-refractivity contribution in [3.63, 3.8) is 0 Å². The number of imidazole rings is 1. The number of amides is 2. The molecule has 7 rings (SSSR count). The molecule has 2 aliphatic heterocycles. The van der Waals surface area contributed by atoms with Gasteiger partial charge in [-0.1, -0.05) is 33.1 Å². The highest BCUT2D eigenvalue weighted by atomic mass is 16.2. The Bertz CT molecular complexity index is 1730. The van der Waals surface area contributed by atoms with Gasteiger partial charge >= 0.3 is 0 Å². The smallest absolute Gasteiger partial charge is 0.253 e. The van der Waals surface area contributed by atoms with Crippen LogP contribution in [0.1, 0.15) is 107 Å². The van der Waals surface area contributed by atoms with Crippen LogP contribution in [0.5, 0.6) is 0 Å². The fraction of sp³-hybridized carbons (Fsp3) is 0.543. The predicted octanol–water partition coefficient (Wildman–Crippen LogP) is 6.12. The van der Waals surface area contributed by atoms with Crippen LogP contribution in [0.15, 0.2) is 36.4 Å². The quantitative estimate of drug-likeness (QED) is 0.297. The Morgan fingerprint density at radius 3 is 2.59 bits per heavy atom. The van der Waals surface area contributed by atoms with Crippen molar-refractivity contribution in [2.75, 3.05) is 13.1 Å². The monoisotopic (exact) mass is 595 g/mol. The molecule has 2 bridgehead atoms. The van der Waals surface area contributed by atoms with Gasteiger partial charge in [0.1, 0.15) is 5.65 Å².